The summed E-state index contributed by atoms with van der Waals surface area (Å²) in [6.45, 7) is 11.8. The fourth-order valence-corrected chi connectivity index (χ4v) is 2.27. The fraction of sp³-hybridized carbons (Fsp3) is 0.917. The van der Waals surface area contributed by atoms with E-state index in [1.807, 2.05) is 25.8 Å². The van der Waals surface area contributed by atoms with Crippen LogP contribution in [-0.4, -0.2) is 50.5 Å². The number of hydrogen-bond donors (Lipinski definition) is 1. The first-order valence-electron chi connectivity index (χ1n) is 6.20. The minimum atomic E-state index is -1.49. The molecule has 0 radical (unpaired) electrons. The van der Waals surface area contributed by atoms with Crippen LogP contribution in [0.25, 0.3) is 0 Å². The third-order valence-corrected chi connectivity index (χ3v) is 3.56. The molecule has 0 fully saturated rings. The van der Waals surface area contributed by atoms with E-state index in [-0.39, 0.29) is 0 Å². The highest BCUT2D eigenvalue weighted by Crippen LogP contribution is 2.11. The third kappa shape index (κ3) is 8.35. The van der Waals surface area contributed by atoms with E-state index in [1.165, 1.54) is 0 Å². The smallest absolute Gasteiger partial charge is 0.320 e. The van der Waals surface area contributed by atoms with Gasteiger partial charge in [0.1, 0.15) is 6.04 Å². The van der Waals surface area contributed by atoms with Crippen molar-refractivity contribution in [2.45, 2.75) is 46.0 Å². The van der Waals surface area contributed by atoms with Crippen LogP contribution in [0.5, 0.6) is 0 Å². The van der Waals surface area contributed by atoms with Gasteiger partial charge in [-0.2, -0.15) is 0 Å². The molecule has 0 aliphatic carbocycles. The normalized spacial score (nSPS) is 14.4. The van der Waals surface area contributed by atoms with Crippen molar-refractivity contribution in [3.63, 3.8) is 0 Å². The maximum absolute atomic E-state index is 11.2. The SMILES string of the molecule is CC(C)CC(C(=O)O)N(C)CCO[Si](C)(C)C. The van der Waals surface area contributed by atoms with Crippen molar-refractivity contribution >= 4 is 14.3 Å². The molecule has 1 N–H and O–H groups in total. The molecule has 5 heteroatoms. The van der Waals surface area contributed by atoms with E-state index < -0.39 is 20.3 Å². The van der Waals surface area contributed by atoms with Gasteiger partial charge in [-0.1, -0.05) is 13.8 Å². The topological polar surface area (TPSA) is 49.8 Å². The van der Waals surface area contributed by atoms with Gasteiger partial charge in [-0.25, -0.2) is 0 Å². The van der Waals surface area contributed by atoms with Crippen molar-refractivity contribution < 1.29 is 14.3 Å². The Bertz CT molecular complexity index is 238. The zero-order chi connectivity index (χ0) is 13.6. The first-order valence-corrected chi connectivity index (χ1v) is 9.61. The van der Waals surface area contributed by atoms with Crippen LogP contribution in [0.1, 0.15) is 20.3 Å². The van der Waals surface area contributed by atoms with E-state index in [4.69, 9.17) is 4.43 Å². The summed E-state index contributed by atoms with van der Waals surface area (Å²) < 4.78 is 5.74. The number of carboxylic acids is 1. The van der Waals surface area contributed by atoms with Gasteiger partial charge >= 0.3 is 5.97 Å². The largest absolute Gasteiger partial charge is 0.480 e. The first-order chi connectivity index (χ1) is 7.63. The molecule has 0 bridgehead atoms. The molecule has 0 aromatic carbocycles. The summed E-state index contributed by atoms with van der Waals surface area (Å²) in [5.74, 6) is -0.356. The van der Waals surface area contributed by atoms with Crippen LogP contribution < -0.4 is 0 Å². The van der Waals surface area contributed by atoms with Crippen molar-refractivity contribution in [3.05, 3.63) is 0 Å². The standard InChI is InChI=1S/C12H27NO3Si/c1-10(2)9-11(12(14)15)13(3)7-8-16-17(4,5)6/h10-11H,7-9H2,1-6H3,(H,14,15). The molecule has 4 nitrogen and oxygen atoms in total. The second-order valence-corrected chi connectivity index (χ2v) is 10.4. The van der Waals surface area contributed by atoms with Gasteiger partial charge in [0.2, 0.25) is 0 Å². The maximum Gasteiger partial charge on any atom is 0.320 e. The number of carboxylic acid groups (broad SMARTS) is 1. The number of nitrogens with zero attached hydrogens (tertiary/aromatic N) is 1. The Morgan fingerprint density at radius 3 is 2.24 bits per heavy atom. The van der Waals surface area contributed by atoms with Crippen LogP contribution in [0.4, 0.5) is 0 Å². The molecule has 0 spiro atoms. The Labute approximate surface area is 106 Å². The molecule has 0 rings (SSSR count). The first kappa shape index (κ1) is 16.6. The zero-order valence-electron chi connectivity index (χ0n) is 12.0. The highest BCUT2D eigenvalue weighted by atomic mass is 28.4. The van der Waals surface area contributed by atoms with Gasteiger partial charge in [0.15, 0.2) is 8.32 Å². The van der Waals surface area contributed by atoms with E-state index in [9.17, 15) is 9.90 Å². The van der Waals surface area contributed by atoms with Crippen molar-refractivity contribution in [3.8, 4) is 0 Å². The van der Waals surface area contributed by atoms with Gasteiger partial charge in [-0.3, -0.25) is 9.69 Å². The summed E-state index contributed by atoms with van der Waals surface area (Å²) >= 11 is 0. The van der Waals surface area contributed by atoms with Gasteiger partial charge < -0.3 is 9.53 Å². The van der Waals surface area contributed by atoms with Gasteiger partial charge in [0, 0.05) is 13.2 Å². The summed E-state index contributed by atoms with van der Waals surface area (Å²) in [6, 6.07) is -0.403. The van der Waals surface area contributed by atoms with Crippen LogP contribution in [0, 0.1) is 5.92 Å². The Morgan fingerprint density at radius 2 is 1.88 bits per heavy atom. The van der Waals surface area contributed by atoms with E-state index in [0.717, 1.165) is 0 Å². The second-order valence-electron chi connectivity index (χ2n) is 5.93. The Kier molecular flexibility index (Phi) is 6.97. The highest BCUT2D eigenvalue weighted by molar-refractivity contribution is 6.69. The predicted octanol–water partition coefficient (Wildman–Crippen LogP) is 2.27. The maximum atomic E-state index is 11.2. The summed E-state index contributed by atoms with van der Waals surface area (Å²) in [5.41, 5.74) is 0. The molecule has 0 aliphatic rings. The highest BCUT2D eigenvalue weighted by Gasteiger charge is 2.24. The molecule has 102 valence electrons. The minimum Gasteiger partial charge on any atom is -0.480 e. The summed E-state index contributed by atoms with van der Waals surface area (Å²) in [7, 11) is 0.364. The number of likely N-dealkylation sites (N-methyl/N-ethyl adjacent to an activating group) is 1. The molecule has 0 aliphatic heterocycles. The average Bonchev–Trinajstić information content (AvgIpc) is 2.11. The number of aliphatic carboxylic acids is 1. The van der Waals surface area contributed by atoms with Crippen molar-refractivity contribution in [2.24, 2.45) is 5.92 Å². The fourth-order valence-electron chi connectivity index (χ4n) is 1.57. The lowest BCUT2D eigenvalue weighted by Crippen LogP contribution is -2.42. The third-order valence-electron chi connectivity index (χ3n) is 2.49. The number of rotatable bonds is 8. The Hall–Kier alpha value is -0.393. The zero-order valence-corrected chi connectivity index (χ0v) is 13.0. The lowest BCUT2D eigenvalue weighted by atomic mass is 10.0. The molecule has 1 atom stereocenters. The number of hydrogen-bond acceptors (Lipinski definition) is 3. The van der Waals surface area contributed by atoms with E-state index >= 15 is 0 Å². The van der Waals surface area contributed by atoms with Gasteiger partial charge in [-0.15, -0.1) is 0 Å². The monoisotopic (exact) mass is 261 g/mol. The summed E-state index contributed by atoms with van der Waals surface area (Å²) in [5, 5.41) is 9.18. The molecule has 0 heterocycles. The predicted molar refractivity (Wildman–Crippen MR) is 72.8 cm³/mol. The molecule has 0 saturated heterocycles. The molecule has 0 amide bonds. The molecule has 17 heavy (non-hydrogen) atoms. The van der Waals surface area contributed by atoms with E-state index in [1.54, 1.807) is 0 Å². The lowest BCUT2D eigenvalue weighted by Gasteiger charge is -2.27. The van der Waals surface area contributed by atoms with E-state index in [2.05, 4.69) is 19.6 Å². The Balaban J connectivity index is 4.15. The molecule has 0 aromatic rings. The molecule has 0 saturated carbocycles. The quantitative estimate of drug-likeness (QED) is 0.681. The van der Waals surface area contributed by atoms with Crippen LogP contribution in [0.15, 0.2) is 0 Å². The molecular formula is C12H27NO3Si. The van der Waals surface area contributed by atoms with Crippen molar-refractivity contribution in [2.75, 3.05) is 20.2 Å². The second kappa shape index (κ2) is 7.13. The van der Waals surface area contributed by atoms with Gasteiger partial charge in [-0.05, 0) is 39.0 Å². The van der Waals surface area contributed by atoms with Gasteiger partial charge in [0.25, 0.3) is 0 Å². The number of carbonyl (C=O) groups is 1. The molecular weight excluding hydrogens is 234 g/mol. The summed E-state index contributed by atoms with van der Waals surface area (Å²) in [6.07, 6.45) is 0.679. The minimum absolute atomic E-state index is 0.386. The van der Waals surface area contributed by atoms with Crippen molar-refractivity contribution in [1.29, 1.82) is 0 Å². The van der Waals surface area contributed by atoms with Gasteiger partial charge in [0.05, 0.1) is 0 Å². The van der Waals surface area contributed by atoms with Crippen LogP contribution >= 0.6 is 0 Å². The molecule has 1 unspecified atom stereocenters. The van der Waals surface area contributed by atoms with Crippen LogP contribution in [0.2, 0.25) is 19.6 Å². The molecule has 0 aromatic heterocycles. The van der Waals surface area contributed by atoms with Crippen molar-refractivity contribution in [1.82, 2.24) is 4.90 Å². The van der Waals surface area contributed by atoms with Crippen LogP contribution in [0.3, 0.4) is 0 Å². The average molecular weight is 261 g/mol. The van der Waals surface area contributed by atoms with E-state index in [0.29, 0.717) is 25.5 Å². The van der Waals surface area contributed by atoms with Crippen LogP contribution in [-0.2, 0) is 9.22 Å². The lowest BCUT2D eigenvalue weighted by molar-refractivity contribution is -0.143. The Morgan fingerprint density at radius 1 is 1.35 bits per heavy atom. The summed E-state index contributed by atoms with van der Waals surface area (Å²) in [4.78, 5) is 13.0.